The highest BCUT2D eigenvalue weighted by atomic mass is 79.9. The summed E-state index contributed by atoms with van der Waals surface area (Å²) in [6.45, 7) is 0. The third-order valence-electron chi connectivity index (χ3n) is 3.55. The molecule has 26 heavy (non-hydrogen) atoms. The average Bonchev–Trinajstić information content (AvgIpc) is 3.01. The lowest BCUT2D eigenvalue weighted by Crippen LogP contribution is -2.02. The van der Waals surface area contributed by atoms with Crippen molar-refractivity contribution in [1.29, 1.82) is 0 Å². The van der Waals surface area contributed by atoms with E-state index in [1.807, 2.05) is 60.7 Å². The second-order valence-corrected chi connectivity index (χ2v) is 9.16. The Bertz CT molecular complexity index is 1020. The molecule has 0 spiro atoms. The smallest absolute Gasteiger partial charge is 0.177 e. The highest BCUT2D eigenvalue weighted by Crippen LogP contribution is 2.30. The van der Waals surface area contributed by atoms with Crippen LogP contribution in [0.15, 0.2) is 85.6 Å². The molecule has 0 saturated heterocycles. The average molecular weight is 447 g/mol. The van der Waals surface area contributed by atoms with Crippen LogP contribution in [0.3, 0.4) is 0 Å². The molecule has 4 nitrogen and oxygen atoms in total. The van der Waals surface area contributed by atoms with Crippen molar-refractivity contribution in [3.05, 3.63) is 86.5 Å². The van der Waals surface area contributed by atoms with E-state index in [4.69, 9.17) is 0 Å². The Labute approximate surface area is 165 Å². The molecule has 0 unspecified atom stereocenters. The Morgan fingerprint density at radius 1 is 1.00 bits per heavy atom. The fourth-order valence-electron chi connectivity index (χ4n) is 2.29. The molecule has 0 aliphatic carbocycles. The zero-order valence-electron chi connectivity index (χ0n) is 13.8. The summed E-state index contributed by atoms with van der Waals surface area (Å²) in [7, 11) is -3.27. The van der Waals surface area contributed by atoms with E-state index in [0.29, 0.717) is 9.35 Å². The first-order chi connectivity index (χ1) is 12.5. The molecule has 3 rings (SSSR count). The Morgan fingerprint density at radius 2 is 1.54 bits per heavy atom. The molecule has 0 radical (unpaired) electrons. The van der Waals surface area contributed by atoms with Gasteiger partial charge in [-0.3, -0.25) is 0 Å². The molecule has 1 heterocycles. The number of rotatable bonds is 5. The largest absolute Gasteiger partial charge is 0.224 e. The maximum atomic E-state index is 11.7. The number of nitrogens with zero attached hydrogens (tertiary/aromatic N) is 2. The van der Waals surface area contributed by atoms with Gasteiger partial charge in [0.1, 0.15) is 5.71 Å². The molecule has 0 aliphatic rings. The molecule has 0 N–H and O–H groups in total. The molecule has 1 aromatic heterocycles. The summed E-state index contributed by atoms with van der Waals surface area (Å²) in [5, 5.41) is 10.2. The summed E-state index contributed by atoms with van der Waals surface area (Å²) in [5.41, 5.74) is 2.66. The fraction of sp³-hybridized carbons (Fsp3) is 0.0526. The van der Waals surface area contributed by atoms with Crippen LogP contribution in [0.4, 0.5) is 0 Å². The van der Waals surface area contributed by atoms with Gasteiger partial charge in [0.05, 0.1) is 20.5 Å². The van der Waals surface area contributed by atoms with E-state index >= 15 is 0 Å². The maximum Gasteiger partial charge on any atom is 0.177 e. The lowest BCUT2D eigenvalue weighted by atomic mass is 10.0. The van der Waals surface area contributed by atoms with Crippen LogP contribution >= 0.6 is 27.3 Å². The second-order valence-electron chi connectivity index (χ2n) is 5.48. The Morgan fingerprint density at radius 3 is 2.00 bits per heavy atom. The molecule has 0 saturated carbocycles. The lowest BCUT2D eigenvalue weighted by Gasteiger charge is -2.04. The number of hydrogen-bond donors (Lipinski definition) is 0. The highest BCUT2D eigenvalue weighted by molar-refractivity contribution is 9.10. The number of halogens is 1. The molecular formula is C19H15BrN2O2S2. The molecule has 2 aromatic carbocycles. The maximum absolute atomic E-state index is 11.7. The van der Waals surface area contributed by atoms with Crippen molar-refractivity contribution in [2.75, 3.05) is 6.26 Å². The normalized spacial score (nSPS) is 11.6. The SMILES string of the molecule is CS(=O)(=O)c1csc(C=NN=C(c2ccccc2)c2ccccc2)c1Br. The van der Waals surface area contributed by atoms with Gasteiger partial charge in [0.15, 0.2) is 9.84 Å². The van der Waals surface area contributed by atoms with E-state index in [1.165, 1.54) is 17.6 Å². The third kappa shape index (κ3) is 4.35. The lowest BCUT2D eigenvalue weighted by molar-refractivity contribution is 0.602. The molecule has 0 amide bonds. The molecule has 0 bridgehead atoms. The molecule has 3 aromatic rings. The summed E-state index contributed by atoms with van der Waals surface area (Å²) in [6.07, 6.45) is 2.75. The van der Waals surface area contributed by atoms with Crippen LogP contribution in [-0.4, -0.2) is 26.6 Å². The zero-order valence-corrected chi connectivity index (χ0v) is 17.1. The zero-order chi connectivity index (χ0) is 18.6. The van der Waals surface area contributed by atoms with E-state index in [-0.39, 0.29) is 4.90 Å². The summed E-state index contributed by atoms with van der Waals surface area (Å²) < 4.78 is 24.0. The molecule has 0 fully saturated rings. The first-order valence-electron chi connectivity index (χ1n) is 7.66. The summed E-state index contributed by atoms with van der Waals surface area (Å²) in [5.74, 6) is 0. The number of hydrogen-bond acceptors (Lipinski definition) is 5. The van der Waals surface area contributed by atoms with Gasteiger partial charge in [-0.25, -0.2) is 8.42 Å². The fourth-order valence-corrected chi connectivity index (χ4v) is 5.84. The highest BCUT2D eigenvalue weighted by Gasteiger charge is 2.16. The van der Waals surface area contributed by atoms with Crippen molar-refractivity contribution in [1.82, 2.24) is 0 Å². The van der Waals surface area contributed by atoms with E-state index < -0.39 is 9.84 Å². The van der Waals surface area contributed by atoms with Gasteiger partial charge in [-0.1, -0.05) is 60.7 Å². The summed E-state index contributed by atoms with van der Waals surface area (Å²) >= 11 is 4.64. The van der Waals surface area contributed by atoms with Crippen LogP contribution < -0.4 is 0 Å². The Hall–Kier alpha value is -2.09. The van der Waals surface area contributed by atoms with Crippen LogP contribution in [0.25, 0.3) is 0 Å². The van der Waals surface area contributed by atoms with E-state index in [2.05, 4.69) is 26.1 Å². The van der Waals surface area contributed by atoms with Crippen molar-refractivity contribution in [2.45, 2.75) is 4.90 Å². The topological polar surface area (TPSA) is 58.9 Å². The second kappa shape index (κ2) is 8.07. The van der Waals surface area contributed by atoms with Crippen LogP contribution in [0.5, 0.6) is 0 Å². The molecule has 132 valence electrons. The predicted octanol–water partition coefficient (Wildman–Crippen LogP) is 4.79. The van der Waals surface area contributed by atoms with E-state index in [1.54, 1.807) is 11.6 Å². The van der Waals surface area contributed by atoms with Crippen molar-refractivity contribution in [3.8, 4) is 0 Å². The van der Waals surface area contributed by atoms with Crippen molar-refractivity contribution in [3.63, 3.8) is 0 Å². The summed E-state index contributed by atoms with van der Waals surface area (Å²) in [6, 6.07) is 19.6. The molecule has 0 aliphatic heterocycles. The molecular weight excluding hydrogens is 432 g/mol. The minimum Gasteiger partial charge on any atom is -0.224 e. The quantitative estimate of drug-likeness (QED) is 0.417. The minimum atomic E-state index is -3.27. The summed E-state index contributed by atoms with van der Waals surface area (Å²) in [4.78, 5) is 0.967. The molecule has 7 heteroatoms. The Balaban J connectivity index is 1.98. The standard InChI is InChI=1S/C19H15BrN2O2S2/c1-26(23,24)17-13-25-16(18(17)20)12-21-22-19(14-8-4-2-5-9-14)15-10-6-3-7-11-15/h2-13H,1H3. The first-order valence-corrected chi connectivity index (χ1v) is 11.2. The van der Waals surface area contributed by atoms with Gasteiger partial charge in [0.25, 0.3) is 0 Å². The Kier molecular flexibility index (Phi) is 5.80. The monoisotopic (exact) mass is 446 g/mol. The predicted molar refractivity (Wildman–Crippen MR) is 111 cm³/mol. The number of thiophene rings is 1. The van der Waals surface area contributed by atoms with Crippen molar-refractivity contribution >= 4 is 49.0 Å². The van der Waals surface area contributed by atoms with Crippen LogP contribution in [0.1, 0.15) is 16.0 Å². The van der Waals surface area contributed by atoms with Crippen LogP contribution in [-0.2, 0) is 9.84 Å². The van der Waals surface area contributed by atoms with E-state index in [9.17, 15) is 8.42 Å². The van der Waals surface area contributed by atoms with Crippen molar-refractivity contribution < 1.29 is 8.42 Å². The van der Waals surface area contributed by atoms with Gasteiger partial charge >= 0.3 is 0 Å². The molecule has 0 atom stereocenters. The van der Waals surface area contributed by atoms with Gasteiger partial charge in [0.2, 0.25) is 0 Å². The van der Waals surface area contributed by atoms with Gasteiger partial charge in [-0.2, -0.15) is 5.10 Å². The van der Waals surface area contributed by atoms with Gasteiger partial charge in [0, 0.05) is 22.8 Å². The number of sulfone groups is 1. The van der Waals surface area contributed by atoms with Crippen LogP contribution in [0, 0.1) is 0 Å². The third-order valence-corrected chi connectivity index (χ3v) is 7.12. The van der Waals surface area contributed by atoms with Crippen LogP contribution in [0.2, 0.25) is 0 Å². The van der Waals surface area contributed by atoms with Gasteiger partial charge < -0.3 is 0 Å². The first kappa shape index (κ1) is 18.7. The van der Waals surface area contributed by atoms with Gasteiger partial charge in [-0.05, 0) is 15.9 Å². The van der Waals surface area contributed by atoms with E-state index in [0.717, 1.165) is 16.8 Å². The van der Waals surface area contributed by atoms with Gasteiger partial charge in [-0.15, -0.1) is 16.4 Å². The minimum absolute atomic E-state index is 0.263. The number of benzene rings is 2. The van der Waals surface area contributed by atoms with Crippen molar-refractivity contribution in [2.24, 2.45) is 10.2 Å².